The number of hydrogen-bond acceptors (Lipinski definition) is 3. The summed E-state index contributed by atoms with van der Waals surface area (Å²) in [5.41, 5.74) is 6.92. The van der Waals surface area contributed by atoms with E-state index < -0.39 is 0 Å². The maximum Gasteiger partial charge on any atom is 0.170 e. The molecule has 1 aromatic carbocycles. The quantitative estimate of drug-likeness (QED) is 0.338. The first kappa shape index (κ1) is 21.8. The Bertz CT molecular complexity index is 1270. The van der Waals surface area contributed by atoms with Crippen LogP contribution in [-0.4, -0.2) is 24.5 Å². The number of benzene rings is 1. The predicted molar refractivity (Wildman–Crippen MR) is 138 cm³/mol. The van der Waals surface area contributed by atoms with E-state index >= 15 is 0 Å². The maximum absolute atomic E-state index is 5.84. The molecule has 1 fully saturated rings. The summed E-state index contributed by atoms with van der Waals surface area (Å²) in [5, 5.41) is 4.29. The molecule has 166 valence electrons. The molecule has 1 N–H and O–H groups in total. The zero-order chi connectivity index (χ0) is 22.9. The lowest BCUT2D eigenvalue weighted by molar-refractivity contribution is 0.310. The molecule has 4 aromatic rings. The van der Waals surface area contributed by atoms with E-state index in [1.807, 2.05) is 42.9 Å². The summed E-state index contributed by atoms with van der Waals surface area (Å²) >= 11 is 9.39. The smallest absolute Gasteiger partial charge is 0.170 e. The molecule has 1 aliphatic rings. The average molecular weight is 518 g/mol. The Hall–Kier alpha value is -3.03. The van der Waals surface area contributed by atoms with Gasteiger partial charge in [-0.25, -0.2) is 0 Å². The fourth-order valence-corrected chi connectivity index (χ4v) is 5.24. The van der Waals surface area contributed by atoms with Crippen LogP contribution in [0, 0.1) is 13.8 Å². The first-order valence-electron chi connectivity index (χ1n) is 10.8. The van der Waals surface area contributed by atoms with Gasteiger partial charge in [0.2, 0.25) is 0 Å². The molecule has 5 nitrogen and oxygen atoms in total. The van der Waals surface area contributed by atoms with Crippen LogP contribution in [0.25, 0.3) is 5.69 Å². The summed E-state index contributed by atoms with van der Waals surface area (Å²) in [6.45, 7) is 5.04. The van der Waals surface area contributed by atoms with Crippen molar-refractivity contribution < 1.29 is 0 Å². The van der Waals surface area contributed by atoms with Gasteiger partial charge in [-0.15, -0.1) is 0 Å². The summed E-state index contributed by atoms with van der Waals surface area (Å²) in [7, 11) is 0. The van der Waals surface area contributed by atoms with E-state index in [1.165, 1.54) is 22.5 Å². The summed E-state index contributed by atoms with van der Waals surface area (Å²) < 4.78 is 3.38. The summed E-state index contributed by atoms with van der Waals surface area (Å²) in [5.74, 6) is 0. The lowest BCUT2D eigenvalue weighted by Gasteiger charge is -2.28. The van der Waals surface area contributed by atoms with Crippen molar-refractivity contribution in [3.63, 3.8) is 0 Å². The van der Waals surface area contributed by atoms with Crippen LogP contribution in [0.4, 0.5) is 0 Å². The molecule has 1 aliphatic heterocycles. The monoisotopic (exact) mass is 517 g/mol. The van der Waals surface area contributed by atoms with Crippen molar-refractivity contribution >= 4 is 33.3 Å². The standard InChI is InChI=1S/C26H24BrN5S/c1-17-15-22(18(2)32(17)21-8-6-20(27)7-9-21)25-24(23-5-3-4-12-29-23)30-26(33)31(25)16-19-10-13-28-14-11-19/h3-15,24-25H,16H2,1-2H3,(H,30,33)/t24-,25-/m0/s1. The Labute approximate surface area is 207 Å². The first-order chi connectivity index (χ1) is 16.0. The molecule has 0 spiro atoms. The molecule has 0 radical (unpaired) electrons. The SMILES string of the molecule is Cc1cc([C@H]2[C@H](c3ccccn3)NC(=S)N2Cc2ccncc2)c(C)n1-c1ccc(Br)cc1. The molecule has 0 amide bonds. The Morgan fingerprint density at radius 3 is 2.45 bits per heavy atom. The van der Waals surface area contributed by atoms with Gasteiger partial charge in [0.25, 0.3) is 0 Å². The highest BCUT2D eigenvalue weighted by atomic mass is 79.9. The van der Waals surface area contributed by atoms with Crippen molar-refractivity contribution in [2.45, 2.75) is 32.5 Å². The molecule has 7 heteroatoms. The van der Waals surface area contributed by atoms with Gasteiger partial charge in [0.05, 0.1) is 17.8 Å². The molecular formula is C26H24BrN5S. The highest BCUT2D eigenvalue weighted by Crippen LogP contribution is 2.42. The van der Waals surface area contributed by atoms with E-state index in [9.17, 15) is 0 Å². The lowest BCUT2D eigenvalue weighted by Crippen LogP contribution is -2.29. The number of nitrogens with one attached hydrogen (secondary N) is 1. The van der Waals surface area contributed by atoms with Crippen molar-refractivity contribution in [2.24, 2.45) is 0 Å². The molecule has 33 heavy (non-hydrogen) atoms. The highest BCUT2D eigenvalue weighted by molar-refractivity contribution is 9.10. The average Bonchev–Trinajstić information content (AvgIpc) is 3.31. The van der Waals surface area contributed by atoms with Crippen molar-refractivity contribution in [3.8, 4) is 5.69 Å². The van der Waals surface area contributed by atoms with Crippen LogP contribution in [0.1, 0.15) is 40.3 Å². The van der Waals surface area contributed by atoms with Crippen molar-refractivity contribution in [1.29, 1.82) is 0 Å². The lowest BCUT2D eigenvalue weighted by atomic mass is 9.96. The van der Waals surface area contributed by atoms with Gasteiger partial charge in [-0.1, -0.05) is 22.0 Å². The van der Waals surface area contributed by atoms with Gasteiger partial charge in [-0.2, -0.15) is 0 Å². The third-order valence-corrected chi connectivity index (χ3v) is 7.05. The zero-order valence-electron chi connectivity index (χ0n) is 18.4. The molecule has 2 atom stereocenters. The number of aromatic nitrogens is 3. The molecule has 0 unspecified atom stereocenters. The molecule has 0 bridgehead atoms. The molecule has 3 aromatic heterocycles. The summed E-state index contributed by atoms with van der Waals surface area (Å²) in [4.78, 5) is 11.1. The Morgan fingerprint density at radius 1 is 1.00 bits per heavy atom. The van der Waals surface area contributed by atoms with Gasteiger partial charge < -0.3 is 14.8 Å². The van der Waals surface area contributed by atoms with E-state index in [-0.39, 0.29) is 12.1 Å². The third kappa shape index (κ3) is 4.18. The highest BCUT2D eigenvalue weighted by Gasteiger charge is 2.41. The summed E-state index contributed by atoms with van der Waals surface area (Å²) in [6.07, 6.45) is 5.49. The second-order valence-corrected chi connectivity index (χ2v) is 9.55. The number of thiocarbonyl (C=S) groups is 1. The number of aryl methyl sites for hydroxylation is 1. The predicted octanol–water partition coefficient (Wildman–Crippen LogP) is 5.82. The van der Waals surface area contributed by atoms with Gasteiger partial charge in [-0.05, 0) is 91.8 Å². The number of halogens is 1. The van der Waals surface area contributed by atoms with Crippen LogP contribution < -0.4 is 5.32 Å². The van der Waals surface area contributed by atoms with Crippen molar-refractivity contribution in [2.75, 3.05) is 0 Å². The zero-order valence-corrected chi connectivity index (χ0v) is 20.8. The van der Waals surface area contributed by atoms with Crippen molar-refractivity contribution in [3.05, 3.63) is 112 Å². The van der Waals surface area contributed by atoms with E-state index in [0.29, 0.717) is 6.54 Å². The maximum atomic E-state index is 5.84. The van der Waals surface area contributed by atoms with E-state index in [2.05, 4.69) is 90.9 Å². The molecular weight excluding hydrogens is 494 g/mol. The number of nitrogens with zero attached hydrogens (tertiary/aromatic N) is 4. The van der Waals surface area contributed by atoms with Gasteiger partial charge in [-0.3, -0.25) is 9.97 Å². The number of rotatable bonds is 5. The minimum absolute atomic E-state index is 0.0102. The number of hydrogen-bond donors (Lipinski definition) is 1. The minimum Gasteiger partial charge on any atom is -0.352 e. The molecule has 1 saturated heterocycles. The number of pyridine rings is 2. The van der Waals surface area contributed by atoms with Gasteiger partial charge in [0, 0.05) is 46.7 Å². The van der Waals surface area contributed by atoms with Gasteiger partial charge >= 0.3 is 0 Å². The normalized spacial score (nSPS) is 17.9. The van der Waals surface area contributed by atoms with Crippen LogP contribution in [0.2, 0.25) is 0 Å². The van der Waals surface area contributed by atoms with Crippen molar-refractivity contribution in [1.82, 2.24) is 24.8 Å². The van der Waals surface area contributed by atoms with Gasteiger partial charge in [0.1, 0.15) is 0 Å². The van der Waals surface area contributed by atoms with Gasteiger partial charge in [0.15, 0.2) is 5.11 Å². The van der Waals surface area contributed by atoms with E-state index in [4.69, 9.17) is 12.2 Å². The summed E-state index contributed by atoms with van der Waals surface area (Å²) in [6, 6.07) is 20.8. The molecule has 4 heterocycles. The van der Waals surface area contributed by atoms with Crippen LogP contribution in [-0.2, 0) is 6.54 Å². The van der Waals surface area contributed by atoms with Crippen LogP contribution in [0.3, 0.4) is 0 Å². The van der Waals surface area contributed by atoms with Crippen LogP contribution in [0.5, 0.6) is 0 Å². The fraction of sp³-hybridized carbons (Fsp3) is 0.192. The Balaban J connectivity index is 1.61. The first-order valence-corrected chi connectivity index (χ1v) is 12.0. The Morgan fingerprint density at radius 2 is 1.76 bits per heavy atom. The molecule has 0 aliphatic carbocycles. The Kier molecular flexibility index (Phi) is 6.00. The van der Waals surface area contributed by atoms with E-state index in [1.54, 1.807) is 0 Å². The third-order valence-electron chi connectivity index (χ3n) is 6.17. The largest absolute Gasteiger partial charge is 0.352 e. The fourth-order valence-electron chi connectivity index (χ4n) is 4.67. The second-order valence-electron chi connectivity index (χ2n) is 8.25. The minimum atomic E-state index is -0.0422. The molecule has 0 saturated carbocycles. The van der Waals surface area contributed by atoms with E-state index in [0.717, 1.165) is 21.0 Å². The van der Waals surface area contributed by atoms with Crippen LogP contribution in [0.15, 0.2) is 83.7 Å². The molecule has 5 rings (SSSR count). The second kappa shape index (κ2) is 9.08. The topological polar surface area (TPSA) is 46.0 Å². The van der Waals surface area contributed by atoms with Crippen LogP contribution >= 0.6 is 28.1 Å².